The van der Waals surface area contributed by atoms with Gasteiger partial charge >= 0.3 is 12.3 Å². The fraction of sp³-hybridized carbons (Fsp3) is 0.214. The van der Waals surface area contributed by atoms with Crippen LogP contribution in [-0.4, -0.2) is 16.4 Å². The van der Waals surface area contributed by atoms with Gasteiger partial charge in [-0.25, -0.2) is 18.2 Å². The lowest BCUT2D eigenvalue weighted by Crippen LogP contribution is -2.28. The van der Waals surface area contributed by atoms with Gasteiger partial charge in [0.15, 0.2) is 17.3 Å². The van der Waals surface area contributed by atoms with Gasteiger partial charge in [0.2, 0.25) is 5.75 Å². The Balaban J connectivity index is 2.63. The predicted octanol–water partition coefficient (Wildman–Crippen LogP) is 3.24. The molecule has 0 bridgehead atoms. The summed E-state index contributed by atoms with van der Waals surface area (Å²) in [5.74, 6) is -8.03. The summed E-state index contributed by atoms with van der Waals surface area (Å²) in [5, 5.41) is 8.80. The van der Waals surface area contributed by atoms with Crippen molar-refractivity contribution in [3.05, 3.63) is 51.5 Å². The summed E-state index contributed by atoms with van der Waals surface area (Å²) in [6.07, 6.45) is -3.67. The smallest absolute Gasteiger partial charge is 0.352 e. The number of nitrogens with zero attached hydrogens (tertiary/aromatic N) is 2. The van der Waals surface area contributed by atoms with E-state index in [9.17, 15) is 26.7 Å². The van der Waals surface area contributed by atoms with E-state index in [1.165, 1.54) is 13.0 Å². The Morgan fingerprint density at radius 1 is 1.38 bits per heavy atom. The molecule has 2 aromatic rings. The molecular formula is C14H8F5N3O2. The summed E-state index contributed by atoms with van der Waals surface area (Å²) >= 11 is 0. The van der Waals surface area contributed by atoms with Crippen molar-refractivity contribution in [3.8, 4) is 17.6 Å². The third-order valence-electron chi connectivity index (χ3n) is 2.92. The summed E-state index contributed by atoms with van der Waals surface area (Å²) in [5.41, 5.74) is -3.08. The second-order valence-electron chi connectivity index (χ2n) is 4.67. The van der Waals surface area contributed by atoms with Crippen LogP contribution in [0.1, 0.15) is 16.8 Å². The quantitative estimate of drug-likeness (QED) is 0.863. The molecule has 1 N–H and O–H groups in total. The molecule has 1 aromatic carbocycles. The first-order chi connectivity index (χ1) is 11.2. The van der Waals surface area contributed by atoms with Crippen molar-refractivity contribution in [3.63, 3.8) is 0 Å². The van der Waals surface area contributed by atoms with E-state index in [0.29, 0.717) is 11.9 Å². The van der Waals surface area contributed by atoms with Gasteiger partial charge in [0.05, 0.1) is 11.9 Å². The van der Waals surface area contributed by atoms with E-state index in [1.54, 1.807) is 0 Å². The van der Waals surface area contributed by atoms with Crippen LogP contribution >= 0.6 is 0 Å². The molecule has 1 heterocycles. The van der Waals surface area contributed by atoms with E-state index in [4.69, 9.17) is 10.00 Å². The van der Waals surface area contributed by atoms with Crippen LogP contribution in [0, 0.1) is 24.1 Å². The van der Waals surface area contributed by atoms with Gasteiger partial charge in [0.25, 0.3) is 5.56 Å². The van der Waals surface area contributed by atoms with E-state index in [0.717, 1.165) is 12.1 Å². The van der Waals surface area contributed by atoms with Crippen LogP contribution in [0.15, 0.2) is 23.3 Å². The molecule has 0 amide bonds. The number of rotatable bonds is 4. The molecule has 0 aliphatic carbocycles. The molecule has 10 heteroatoms. The number of nitriles is 1. The number of hydrogen-bond acceptors (Lipinski definition) is 4. The number of alkyl halides is 4. The lowest BCUT2D eigenvalue weighted by atomic mass is 10.1. The number of aromatic amines is 1. The molecule has 0 radical (unpaired) electrons. The summed E-state index contributed by atoms with van der Waals surface area (Å²) < 4.78 is 71.0. The van der Waals surface area contributed by atoms with Crippen LogP contribution in [0.4, 0.5) is 22.0 Å². The Hall–Kier alpha value is -2.96. The van der Waals surface area contributed by atoms with Crippen molar-refractivity contribution in [1.29, 1.82) is 5.26 Å². The molecule has 0 fully saturated rings. The first-order valence-corrected chi connectivity index (χ1v) is 6.30. The Bertz CT molecular complexity index is 874. The summed E-state index contributed by atoms with van der Waals surface area (Å²) in [7, 11) is 0. The number of hydrogen-bond donors (Lipinski definition) is 1. The Morgan fingerprint density at radius 3 is 2.62 bits per heavy atom. The van der Waals surface area contributed by atoms with Gasteiger partial charge in [-0.1, -0.05) is 0 Å². The van der Waals surface area contributed by atoms with Gasteiger partial charge in [0.1, 0.15) is 6.07 Å². The number of halogens is 5. The van der Waals surface area contributed by atoms with Crippen LogP contribution in [-0.2, 0) is 5.92 Å². The van der Waals surface area contributed by atoms with Crippen LogP contribution in [0.2, 0.25) is 0 Å². The average molecular weight is 345 g/mol. The molecule has 0 atom stereocenters. The van der Waals surface area contributed by atoms with Crippen LogP contribution in [0.25, 0.3) is 0 Å². The highest BCUT2D eigenvalue weighted by Crippen LogP contribution is 2.38. The molecule has 0 spiro atoms. The molecule has 2 rings (SSSR count). The van der Waals surface area contributed by atoms with Gasteiger partial charge in [-0.2, -0.15) is 14.0 Å². The molecule has 0 aliphatic rings. The van der Waals surface area contributed by atoms with Crippen molar-refractivity contribution < 1.29 is 26.7 Å². The fourth-order valence-corrected chi connectivity index (χ4v) is 1.82. The van der Waals surface area contributed by atoms with Crippen molar-refractivity contribution in [1.82, 2.24) is 9.97 Å². The SMILES string of the molecule is Cc1cc(C#N)c(F)c(Oc2c(C(F)(F)C(F)F)nc[nH]c2=O)c1. The van der Waals surface area contributed by atoms with E-state index >= 15 is 0 Å². The third kappa shape index (κ3) is 3.05. The number of benzene rings is 1. The minimum Gasteiger partial charge on any atom is -0.446 e. The maximum Gasteiger partial charge on any atom is 0.352 e. The lowest BCUT2D eigenvalue weighted by molar-refractivity contribution is -0.139. The Kier molecular flexibility index (Phi) is 4.54. The van der Waals surface area contributed by atoms with Crippen molar-refractivity contribution in [2.24, 2.45) is 0 Å². The number of aryl methyl sites for hydroxylation is 1. The first kappa shape index (κ1) is 17.4. The average Bonchev–Trinajstić information content (AvgIpc) is 2.51. The van der Waals surface area contributed by atoms with Crippen molar-refractivity contribution >= 4 is 0 Å². The van der Waals surface area contributed by atoms with Gasteiger partial charge in [0, 0.05) is 0 Å². The molecule has 126 valence electrons. The number of nitrogens with one attached hydrogen (secondary N) is 1. The zero-order valence-corrected chi connectivity index (χ0v) is 11.9. The van der Waals surface area contributed by atoms with Gasteiger partial charge < -0.3 is 9.72 Å². The topological polar surface area (TPSA) is 78.8 Å². The van der Waals surface area contributed by atoms with Gasteiger partial charge in [-0.15, -0.1) is 0 Å². The maximum atomic E-state index is 14.0. The standard InChI is InChI=1S/C14H8F5N3O2/c1-6-2-7(4-20)9(15)8(3-6)24-10-11(14(18,19)13(16)17)21-5-22-12(10)23/h2-3,5,13H,1H3,(H,21,22,23). The summed E-state index contributed by atoms with van der Waals surface area (Å²) in [6.45, 7) is 1.45. The predicted molar refractivity (Wildman–Crippen MR) is 70.7 cm³/mol. The molecule has 0 saturated heterocycles. The van der Waals surface area contributed by atoms with E-state index in [2.05, 4.69) is 4.98 Å². The van der Waals surface area contributed by atoms with Gasteiger partial charge in [-0.3, -0.25) is 4.79 Å². The highest BCUT2D eigenvalue weighted by Gasteiger charge is 2.47. The second-order valence-corrected chi connectivity index (χ2v) is 4.67. The zero-order valence-electron chi connectivity index (χ0n) is 11.9. The first-order valence-electron chi connectivity index (χ1n) is 6.30. The summed E-state index contributed by atoms with van der Waals surface area (Å²) in [6, 6.07) is 3.69. The molecule has 0 unspecified atom stereocenters. The van der Waals surface area contributed by atoms with Crippen molar-refractivity contribution in [2.75, 3.05) is 0 Å². The zero-order chi connectivity index (χ0) is 18.1. The largest absolute Gasteiger partial charge is 0.446 e. The number of ether oxygens (including phenoxy) is 1. The normalized spacial score (nSPS) is 11.4. The third-order valence-corrected chi connectivity index (χ3v) is 2.92. The molecule has 0 aliphatic heterocycles. The lowest BCUT2D eigenvalue weighted by Gasteiger charge is -2.17. The van der Waals surface area contributed by atoms with E-state index in [1.807, 2.05) is 4.98 Å². The van der Waals surface area contributed by atoms with E-state index < -0.39 is 46.5 Å². The molecule has 24 heavy (non-hydrogen) atoms. The minimum absolute atomic E-state index is 0.324. The van der Waals surface area contributed by atoms with Crippen LogP contribution in [0.5, 0.6) is 11.5 Å². The molecule has 1 aromatic heterocycles. The monoisotopic (exact) mass is 345 g/mol. The molecular weight excluding hydrogens is 337 g/mol. The fourth-order valence-electron chi connectivity index (χ4n) is 1.82. The Labute approximate surface area is 131 Å². The van der Waals surface area contributed by atoms with Crippen LogP contribution in [0.3, 0.4) is 0 Å². The maximum absolute atomic E-state index is 14.0. The van der Waals surface area contributed by atoms with Crippen molar-refractivity contribution in [2.45, 2.75) is 19.3 Å². The summed E-state index contributed by atoms with van der Waals surface area (Å²) in [4.78, 5) is 16.6. The second kappa shape index (κ2) is 6.27. The highest BCUT2D eigenvalue weighted by atomic mass is 19.3. The van der Waals surface area contributed by atoms with Crippen LogP contribution < -0.4 is 10.3 Å². The Morgan fingerprint density at radius 2 is 2.04 bits per heavy atom. The molecule has 0 saturated carbocycles. The highest BCUT2D eigenvalue weighted by molar-refractivity contribution is 5.44. The number of H-pyrrole nitrogens is 1. The van der Waals surface area contributed by atoms with E-state index in [-0.39, 0.29) is 0 Å². The van der Waals surface area contributed by atoms with Gasteiger partial charge in [-0.05, 0) is 24.6 Å². The minimum atomic E-state index is -4.79. The molecule has 5 nitrogen and oxygen atoms in total. The number of aromatic nitrogens is 2.